The Morgan fingerprint density at radius 1 is 0.833 bits per heavy atom. The standard InChI is InChI=1S/C30H28ClN7O4/c1-34-25-16-23(32-18-22-27(39)33-29(41)38(28(22)40)21-10-8-19(31)9-11-21)24(17-26(25)35(2)30(34)42)37-14-12-36(13-15-37)20-6-4-3-5-7-20/h3-11,16-18,40H,12-15H2,1-2H3,(H,33,39,41). The molecule has 2 N–H and O–H groups in total. The summed E-state index contributed by atoms with van der Waals surface area (Å²) in [7, 11) is 3.41. The van der Waals surface area contributed by atoms with E-state index in [-0.39, 0.29) is 11.3 Å². The lowest BCUT2D eigenvalue weighted by Crippen LogP contribution is -2.46. The van der Waals surface area contributed by atoms with E-state index >= 15 is 0 Å². The summed E-state index contributed by atoms with van der Waals surface area (Å²) in [6, 6.07) is 20.2. The van der Waals surface area contributed by atoms with Crippen molar-refractivity contribution < 1.29 is 5.11 Å². The maximum Gasteiger partial charge on any atom is 0.335 e. The van der Waals surface area contributed by atoms with E-state index in [0.29, 0.717) is 35.0 Å². The zero-order valence-corrected chi connectivity index (χ0v) is 23.7. The second-order valence-corrected chi connectivity index (χ2v) is 10.5. The zero-order chi connectivity index (χ0) is 29.5. The molecule has 1 aliphatic heterocycles. The second kappa shape index (κ2) is 10.7. The third-order valence-electron chi connectivity index (χ3n) is 7.65. The van der Waals surface area contributed by atoms with Crippen molar-refractivity contribution >= 4 is 45.9 Å². The number of rotatable bonds is 5. The minimum Gasteiger partial charge on any atom is -0.493 e. The van der Waals surface area contributed by atoms with Crippen molar-refractivity contribution in [2.45, 2.75) is 0 Å². The highest BCUT2D eigenvalue weighted by molar-refractivity contribution is 6.30. The molecule has 1 fully saturated rings. The number of aromatic amines is 1. The van der Waals surface area contributed by atoms with Crippen LogP contribution < -0.4 is 26.7 Å². The predicted molar refractivity (Wildman–Crippen MR) is 166 cm³/mol. The normalized spacial score (nSPS) is 13.9. The number of aromatic hydroxyl groups is 1. The van der Waals surface area contributed by atoms with Crippen LogP contribution >= 0.6 is 11.6 Å². The smallest absolute Gasteiger partial charge is 0.335 e. The Morgan fingerprint density at radius 3 is 2.12 bits per heavy atom. The van der Waals surface area contributed by atoms with Crippen LogP contribution in [-0.4, -0.2) is 56.2 Å². The van der Waals surface area contributed by atoms with Gasteiger partial charge in [0.25, 0.3) is 5.56 Å². The minimum absolute atomic E-state index is 0.171. The fourth-order valence-electron chi connectivity index (χ4n) is 5.34. The molecule has 0 spiro atoms. The number of aryl methyl sites for hydroxylation is 2. The van der Waals surface area contributed by atoms with Crippen LogP contribution in [0.25, 0.3) is 16.7 Å². The lowest BCUT2D eigenvalue weighted by molar-refractivity contribution is 0.430. The van der Waals surface area contributed by atoms with Crippen LogP contribution in [0, 0.1) is 0 Å². The molecule has 0 bridgehead atoms. The maximum atomic E-state index is 12.8. The number of imidazole rings is 1. The highest BCUT2D eigenvalue weighted by Gasteiger charge is 2.22. The number of nitrogens with zero attached hydrogens (tertiary/aromatic N) is 6. The van der Waals surface area contributed by atoms with Crippen LogP contribution in [0.5, 0.6) is 5.88 Å². The number of piperazine rings is 1. The lowest BCUT2D eigenvalue weighted by atomic mass is 10.1. The summed E-state index contributed by atoms with van der Waals surface area (Å²) in [4.78, 5) is 49.5. The van der Waals surface area contributed by atoms with E-state index in [4.69, 9.17) is 11.6 Å². The third kappa shape index (κ3) is 4.77. The molecule has 1 aliphatic rings. The van der Waals surface area contributed by atoms with Crippen LogP contribution in [0.4, 0.5) is 17.1 Å². The summed E-state index contributed by atoms with van der Waals surface area (Å²) in [5.41, 5.74) is 2.26. The number of anilines is 2. The highest BCUT2D eigenvalue weighted by Crippen LogP contribution is 2.34. The molecule has 42 heavy (non-hydrogen) atoms. The average Bonchev–Trinajstić information content (AvgIpc) is 3.21. The fourth-order valence-corrected chi connectivity index (χ4v) is 5.47. The van der Waals surface area contributed by atoms with E-state index in [0.717, 1.165) is 34.5 Å². The van der Waals surface area contributed by atoms with Crippen molar-refractivity contribution in [3.8, 4) is 11.6 Å². The Kier molecular flexibility index (Phi) is 6.95. The molecule has 0 atom stereocenters. The Bertz CT molecular complexity index is 2000. The van der Waals surface area contributed by atoms with Crippen molar-refractivity contribution in [2.24, 2.45) is 19.1 Å². The molecule has 11 nitrogen and oxygen atoms in total. The molecule has 12 heteroatoms. The largest absolute Gasteiger partial charge is 0.493 e. The Labute approximate surface area is 244 Å². The molecule has 3 heterocycles. The van der Waals surface area contributed by atoms with Gasteiger partial charge >= 0.3 is 11.4 Å². The molecule has 1 saturated heterocycles. The van der Waals surface area contributed by atoms with Gasteiger partial charge in [-0.05, 0) is 48.5 Å². The number of aliphatic imine (C=N–C) groups is 1. The fraction of sp³-hybridized carbons (Fsp3) is 0.200. The van der Waals surface area contributed by atoms with Gasteiger partial charge in [0, 0.05) is 57.2 Å². The van der Waals surface area contributed by atoms with E-state index in [1.807, 2.05) is 24.3 Å². The predicted octanol–water partition coefficient (Wildman–Crippen LogP) is 3.15. The maximum absolute atomic E-state index is 12.8. The van der Waals surface area contributed by atoms with E-state index in [1.54, 1.807) is 49.0 Å². The number of H-pyrrole nitrogens is 1. The zero-order valence-electron chi connectivity index (χ0n) is 23.0. The third-order valence-corrected chi connectivity index (χ3v) is 7.90. The highest BCUT2D eigenvalue weighted by atomic mass is 35.5. The lowest BCUT2D eigenvalue weighted by Gasteiger charge is -2.37. The summed E-state index contributed by atoms with van der Waals surface area (Å²) in [5, 5.41) is 11.5. The molecule has 0 unspecified atom stereocenters. The van der Waals surface area contributed by atoms with Crippen LogP contribution in [0.2, 0.25) is 5.02 Å². The van der Waals surface area contributed by atoms with Gasteiger partial charge in [-0.3, -0.25) is 23.9 Å². The number of halogens is 1. The Hall–Kier alpha value is -5.03. The summed E-state index contributed by atoms with van der Waals surface area (Å²) in [6.45, 7) is 2.98. The number of benzene rings is 3. The van der Waals surface area contributed by atoms with Gasteiger partial charge in [0.15, 0.2) is 0 Å². The summed E-state index contributed by atoms with van der Waals surface area (Å²) >= 11 is 5.98. The Morgan fingerprint density at radius 2 is 1.45 bits per heavy atom. The van der Waals surface area contributed by atoms with E-state index in [9.17, 15) is 19.5 Å². The molecule has 0 saturated carbocycles. The molecule has 0 radical (unpaired) electrons. The number of hydrogen-bond donors (Lipinski definition) is 2. The van der Waals surface area contributed by atoms with Crippen molar-refractivity contribution in [1.29, 1.82) is 0 Å². The first kappa shape index (κ1) is 27.2. The first-order valence-corrected chi connectivity index (χ1v) is 13.7. The van der Waals surface area contributed by atoms with Gasteiger partial charge in [-0.1, -0.05) is 29.8 Å². The van der Waals surface area contributed by atoms with Crippen molar-refractivity contribution in [1.82, 2.24) is 18.7 Å². The molecule has 2 aromatic heterocycles. The SMILES string of the molecule is Cn1c(=O)n(C)c2cc(N3CCN(c4ccccc4)CC3)c(N=Cc3c(O)n(-c4ccc(Cl)cc4)c(=O)[nH]c3=O)cc21. The molecule has 214 valence electrons. The molecular formula is C30H28ClN7O4. The van der Waals surface area contributed by atoms with Gasteiger partial charge < -0.3 is 14.9 Å². The second-order valence-electron chi connectivity index (χ2n) is 10.1. The van der Waals surface area contributed by atoms with Crippen LogP contribution in [0.3, 0.4) is 0 Å². The Balaban J connectivity index is 1.42. The van der Waals surface area contributed by atoms with Gasteiger partial charge in [0.2, 0.25) is 5.88 Å². The van der Waals surface area contributed by atoms with Crippen LogP contribution in [0.15, 0.2) is 86.1 Å². The molecule has 0 amide bonds. The molecule has 3 aromatic carbocycles. The molecule has 6 rings (SSSR count). The number of nitrogens with one attached hydrogen (secondary N) is 1. The van der Waals surface area contributed by atoms with Crippen molar-refractivity contribution in [2.75, 3.05) is 36.0 Å². The van der Waals surface area contributed by atoms with Gasteiger partial charge in [-0.2, -0.15) is 0 Å². The molecule has 0 aliphatic carbocycles. The monoisotopic (exact) mass is 585 g/mol. The first-order chi connectivity index (χ1) is 20.2. The molecular weight excluding hydrogens is 558 g/mol. The minimum atomic E-state index is -0.797. The average molecular weight is 586 g/mol. The summed E-state index contributed by atoms with van der Waals surface area (Å²) in [5.74, 6) is -0.555. The number of fused-ring (bicyclic) bond motifs is 1. The van der Waals surface area contributed by atoms with Gasteiger partial charge in [0.05, 0.1) is 28.1 Å². The van der Waals surface area contributed by atoms with E-state index in [2.05, 4.69) is 31.9 Å². The number of aromatic nitrogens is 4. The van der Waals surface area contributed by atoms with Gasteiger partial charge in [0.1, 0.15) is 5.56 Å². The number of para-hydroxylation sites is 1. The van der Waals surface area contributed by atoms with Crippen molar-refractivity contribution in [3.63, 3.8) is 0 Å². The number of hydrogen-bond acceptors (Lipinski definition) is 7. The molecule has 5 aromatic rings. The van der Waals surface area contributed by atoms with Crippen LogP contribution in [-0.2, 0) is 14.1 Å². The van der Waals surface area contributed by atoms with Gasteiger partial charge in [-0.15, -0.1) is 0 Å². The van der Waals surface area contributed by atoms with E-state index < -0.39 is 17.1 Å². The van der Waals surface area contributed by atoms with Gasteiger partial charge in [-0.25, -0.2) is 14.2 Å². The quantitative estimate of drug-likeness (QED) is 0.306. The van der Waals surface area contributed by atoms with Crippen molar-refractivity contribution in [3.05, 3.63) is 109 Å². The van der Waals surface area contributed by atoms with E-state index in [1.165, 1.54) is 10.8 Å². The topological polar surface area (TPSA) is 121 Å². The first-order valence-electron chi connectivity index (χ1n) is 13.4. The summed E-state index contributed by atoms with van der Waals surface area (Å²) < 4.78 is 4.11. The van der Waals surface area contributed by atoms with Crippen LogP contribution in [0.1, 0.15) is 5.56 Å². The summed E-state index contributed by atoms with van der Waals surface area (Å²) in [6.07, 6.45) is 1.24.